The molecule has 0 saturated carbocycles. The van der Waals surface area contributed by atoms with Crippen molar-refractivity contribution in [3.63, 3.8) is 0 Å². The van der Waals surface area contributed by atoms with Crippen LogP contribution in [0.25, 0.3) is 22.3 Å². The number of hydrogen-bond donors (Lipinski definition) is 1. The van der Waals surface area contributed by atoms with E-state index in [1.165, 1.54) is 0 Å². The third kappa shape index (κ3) is 3.02. The first kappa shape index (κ1) is 13.2. The van der Waals surface area contributed by atoms with Crippen molar-refractivity contribution >= 4 is 16.9 Å². The molecule has 0 atom stereocenters. The van der Waals surface area contributed by atoms with Gasteiger partial charge in [-0.3, -0.25) is 4.79 Å². The zero-order valence-corrected chi connectivity index (χ0v) is 11.3. The number of carboxylic acids is 1. The van der Waals surface area contributed by atoms with Crippen LogP contribution in [0.15, 0.2) is 55.0 Å². The van der Waals surface area contributed by atoms with Crippen LogP contribution >= 0.6 is 0 Å². The van der Waals surface area contributed by atoms with E-state index in [2.05, 4.69) is 9.97 Å². The minimum Gasteiger partial charge on any atom is -0.481 e. The Labute approximate surface area is 121 Å². The summed E-state index contributed by atoms with van der Waals surface area (Å²) in [5.41, 5.74) is 1.82. The molecule has 1 N–H and O–H groups in total. The highest BCUT2D eigenvalue weighted by atomic mass is 16.4. The van der Waals surface area contributed by atoms with Gasteiger partial charge in [0.05, 0.1) is 5.52 Å². The molecule has 0 aliphatic rings. The van der Waals surface area contributed by atoms with E-state index in [1.807, 2.05) is 59.6 Å². The maximum atomic E-state index is 10.6. The summed E-state index contributed by atoms with van der Waals surface area (Å²) in [6.45, 7) is 0.453. The van der Waals surface area contributed by atoms with E-state index in [-0.39, 0.29) is 6.42 Å². The molecule has 1 aromatic carbocycles. The number of carboxylic acid groups (broad SMARTS) is 1. The number of aryl methyl sites for hydroxylation is 1. The number of para-hydroxylation sites is 1. The lowest BCUT2D eigenvalue weighted by molar-refractivity contribution is -0.695. The molecule has 0 fully saturated rings. The highest BCUT2D eigenvalue weighted by Crippen LogP contribution is 2.16. The Morgan fingerprint density at radius 3 is 2.67 bits per heavy atom. The average molecular weight is 280 g/mol. The van der Waals surface area contributed by atoms with Gasteiger partial charge in [-0.2, -0.15) is 0 Å². The lowest BCUT2D eigenvalue weighted by Crippen LogP contribution is -2.33. The second-order valence-electron chi connectivity index (χ2n) is 4.72. The van der Waals surface area contributed by atoms with Gasteiger partial charge in [0.25, 0.3) is 0 Å². The van der Waals surface area contributed by atoms with E-state index >= 15 is 0 Å². The molecule has 0 bridgehead atoms. The third-order valence-electron chi connectivity index (χ3n) is 3.22. The van der Waals surface area contributed by atoms with E-state index in [0.29, 0.717) is 12.4 Å². The Bertz CT molecular complexity index is 785. The van der Waals surface area contributed by atoms with Gasteiger partial charge in [0, 0.05) is 29.3 Å². The molecule has 0 radical (unpaired) electrons. The summed E-state index contributed by atoms with van der Waals surface area (Å²) in [5.74, 6) is -0.136. The molecule has 21 heavy (non-hydrogen) atoms. The lowest BCUT2D eigenvalue weighted by atomic mass is 10.2. The lowest BCUT2D eigenvalue weighted by Gasteiger charge is -2.01. The third-order valence-corrected chi connectivity index (χ3v) is 3.22. The fourth-order valence-corrected chi connectivity index (χ4v) is 2.09. The topological polar surface area (TPSA) is 67.0 Å². The summed E-state index contributed by atoms with van der Waals surface area (Å²) >= 11 is 0. The van der Waals surface area contributed by atoms with Crippen LogP contribution in [-0.4, -0.2) is 21.0 Å². The van der Waals surface area contributed by atoms with Gasteiger partial charge in [-0.25, -0.2) is 14.5 Å². The van der Waals surface area contributed by atoms with E-state index < -0.39 is 5.97 Å². The standard InChI is InChI=1S/C16H13N3O2/c20-15(21)7-10-19-8-5-12(6-9-19)16-17-11-13-3-1-2-4-14(13)18-16/h1-6,8-9,11H,7,10H2/p+1. The molecular weight excluding hydrogens is 266 g/mol. The Morgan fingerprint density at radius 2 is 1.90 bits per heavy atom. The summed E-state index contributed by atoms with van der Waals surface area (Å²) in [4.78, 5) is 19.5. The van der Waals surface area contributed by atoms with Crippen LogP contribution in [0.1, 0.15) is 6.42 Å². The zero-order chi connectivity index (χ0) is 14.7. The molecule has 104 valence electrons. The van der Waals surface area contributed by atoms with Crippen LogP contribution in [-0.2, 0) is 11.3 Å². The Balaban J connectivity index is 1.86. The molecule has 5 heteroatoms. The summed E-state index contributed by atoms with van der Waals surface area (Å²) in [6, 6.07) is 11.6. The Kier molecular flexibility index (Phi) is 3.55. The minimum absolute atomic E-state index is 0.108. The number of pyridine rings is 1. The number of carbonyl (C=O) groups is 1. The highest BCUT2D eigenvalue weighted by molar-refractivity contribution is 5.79. The fraction of sp³-hybridized carbons (Fsp3) is 0.125. The Morgan fingerprint density at radius 1 is 1.14 bits per heavy atom. The van der Waals surface area contributed by atoms with E-state index in [4.69, 9.17) is 5.11 Å². The largest absolute Gasteiger partial charge is 0.481 e. The SMILES string of the molecule is O=C(O)CC[n+]1ccc(-c2ncc3ccccc3n2)cc1. The summed E-state index contributed by atoms with van der Waals surface area (Å²) in [6.07, 6.45) is 5.60. The Hall–Kier alpha value is -2.82. The maximum absolute atomic E-state index is 10.6. The molecule has 0 amide bonds. The molecule has 2 heterocycles. The molecule has 2 aromatic heterocycles. The number of benzene rings is 1. The number of fused-ring (bicyclic) bond motifs is 1. The van der Waals surface area contributed by atoms with Gasteiger partial charge < -0.3 is 5.11 Å². The first-order chi connectivity index (χ1) is 10.2. The monoisotopic (exact) mass is 280 g/mol. The normalized spacial score (nSPS) is 10.7. The number of rotatable bonds is 4. The van der Waals surface area contributed by atoms with Crippen molar-refractivity contribution < 1.29 is 14.5 Å². The summed E-state index contributed by atoms with van der Waals surface area (Å²) in [5, 5.41) is 9.68. The molecule has 0 aliphatic heterocycles. The van der Waals surface area contributed by atoms with Gasteiger partial charge in [-0.05, 0) is 6.07 Å². The van der Waals surface area contributed by atoms with Crippen molar-refractivity contribution in [3.05, 3.63) is 55.0 Å². The van der Waals surface area contributed by atoms with Crippen molar-refractivity contribution in [2.24, 2.45) is 0 Å². The van der Waals surface area contributed by atoms with Gasteiger partial charge >= 0.3 is 5.97 Å². The van der Waals surface area contributed by atoms with Crippen molar-refractivity contribution in [2.45, 2.75) is 13.0 Å². The van der Waals surface area contributed by atoms with Gasteiger partial charge in [0.15, 0.2) is 24.8 Å². The number of hydrogen-bond acceptors (Lipinski definition) is 3. The van der Waals surface area contributed by atoms with E-state index in [1.54, 1.807) is 0 Å². The van der Waals surface area contributed by atoms with Crippen molar-refractivity contribution in [1.29, 1.82) is 0 Å². The predicted octanol–water partition coefficient (Wildman–Crippen LogP) is 2.06. The smallest absolute Gasteiger partial charge is 0.309 e. The van der Waals surface area contributed by atoms with Crippen molar-refractivity contribution in [1.82, 2.24) is 9.97 Å². The molecule has 5 nitrogen and oxygen atoms in total. The van der Waals surface area contributed by atoms with Crippen LogP contribution in [0.2, 0.25) is 0 Å². The molecule has 0 spiro atoms. The van der Waals surface area contributed by atoms with E-state index in [0.717, 1.165) is 16.5 Å². The van der Waals surface area contributed by atoms with Crippen LogP contribution in [0, 0.1) is 0 Å². The van der Waals surface area contributed by atoms with Gasteiger partial charge in [-0.15, -0.1) is 0 Å². The second-order valence-corrected chi connectivity index (χ2v) is 4.72. The first-order valence-corrected chi connectivity index (χ1v) is 6.65. The molecule has 3 aromatic rings. The number of aromatic nitrogens is 3. The number of aliphatic carboxylic acids is 1. The van der Waals surface area contributed by atoms with Crippen LogP contribution in [0.5, 0.6) is 0 Å². The molecule has 0 saturated heterocycles. The second kappa shape index (κ2) is 5.66. The van der Waals surface area contributed by atoms with Gasteiger partial charge in [0.1, 0.15) is 6.42 Å². The van der Waals surface area contributed by atoms with Gasteiger partial charge in [-0.1, -0.05) is 18.2 Å². The average Bonchev–Trinajstić information content (AvgIpc) is 2.53. The van der Waals surface area contributed by atoms with Crippen LogP contribution in [0.4, 0.5) is 0 Å². The van der Waals surface area contributed by atoms with E-state index in [9.17, 15) is 4.79 Å². The molecular formula is C16H14N3O2+. The quantitative estimate of drug-likeness (QED) is 0.743. The summed E-state index contributed by atoms with van der Waals surface area (Å²) in [7, 11) is 0. The predicted molar refractivity (Wildman–Crippen MR) is 77.4 cm³/mol. The maximum Gasteiger partial charge on any atom is 0.309 e. The van der Waals surface area contributed by atoms with Crippen molar-refractivity contribution in [3.8, 4) is 11.4 Å². The highest BCUT2D eigenvalue weighted by Gasteiger charge is 2.07. The minimum atomic E-state index is -0.801. The molecule has 0 unspecified atom stereocenters. The molecule has 0 aliphatic carbocycles. The molecule has 3 rings (SSSR count). The number of nitrogens with zero attached hydrogens (tertiary/aromatic N) is 3. The summed E-state index contributed by atoms with van der Waals surface area (Å²) < 4.78 is 1.83. The van der Waals surface area contributed by atoms with Crippen molar-refractivity contribution in [2.75, 3.05) is 0 Å². The van der Waals surface area contributed by atoms with Gasteiger partial charge in [0.2, 0.25) is 0 Å². The first-order valence-electron chi connectivity index (χ1n) is 6.65. The van der Waals surface area contributed by atoms with Crippen LogP contribution < -0.4 is 4.57 Å². The fourth-order valence-electron chi connectivity index (χ4n) is 2.09. The van der Waals surface area contributed by atoms with Crippen LogP contribution in [0.3, 0.4) is 0 Å². The zero-order valence-electron chi connectivity index (χ0n) is 11.3.